The molecule has 1 aliphatic carbocycles. The van der Waals surface area contributed by atoms with Crippen LogP contribution in [0.1, 0.15) is 46.5 Å². The quantitative estimate of drug-likeness (QED) is 0.582. The van der Waals surface area contributed by atoms with Crippen LogP contribution in [0.3, 0.4) is 0 Å². The molecule has 0 radical (unpaired) electrons. The summed E-state index contributed by atoms with van der Waals surface area (Å²) in [5, 5.41) is 6.03. The molecule has 0 spiro atoms. The zero-order valence-electron chi connectivity index (χ0n) is 13.4. The topological polar surface area (TPSA) is 59.6 Å². The van der Waals surface area contributed by atoms with Crippen molar-refractivity contribution in [2.75, 3.05) is 19.7 Å². The summed E-state index contributed by atoms with van der Waals surface area (Å²) in [6, 6.07) is 0.194. The van der Waals surface area contributed by atoms with Crippen molar-refractivity contribution < 1.29 is 14.3 Å². The number of carbonyl (C=O) groups is 1. The molecule has 1 rings (SSSR count). The van der Waals surface area contributed by atoms with Gasteiger partial charge in [0.05, 0.1) is 19.3 Å². The van der Waals surface area contributed by atoms with Crippen molar-refractivity contribution in [1.82, 2.24) is 10.6 Å². The fourth-order valence-electron chi connectivity index (χ4n) is 2.31. The number of ether oxygens (including phenoxy) is 2. The number of nitrogens with one attached hydrogen (secondary N) is 2. The van der Waals surface area contributed by atoms with E-state index in [1.165, 1.54) is 0 Å². The summed E-state index contributed by atoms with van der Waals surface area (Å²) in [6.45, 7) is 7.63. The molecule has 0 saturated heterocycles. The normalized spacial score (nSPS) is 22.4. The lowest BCUT2D eigenvalue weighted by atomic mass is 9.93. The Labute approximate surface area is 128 Å². The first kappa shape index (κ1) is 17.8. The third-order valence-electron chi connectivity index (χ3n) is 3.25. The van der Waals surface area contributed by atoms with E-state index in [-0.39, 0.29) is 18.2 Å². The molecular weight excluding hydrogens is 268 g/mol. The van der Waals surface area contributed by atoms with Gasteiger partial charge < -0.3 is 20.1 Å². The van der Waals surface area contributed by atoms with Crippen LogP contribution in [-0.2, 0) is 9.47 Å². The maximum atomic E-state index is 11.7. The van der Waals surface area contributed by atoms with Gasteiger partial charge in [-0.25, -0.2) is 4.79 Å². The number of rotatable bonds is 6. The van der Waals surface area contributed by atoms with Gasteiger partial charge in [0.2, 0.25) is 0 Å². The summed E-state index contributed by atoms with van der Waals surface area (Å²) in [5.74, 6) is 2.53. The highest BCUT2D eigenvalue weighted by Gasteiger charge is 2.24. The van der Waals surface area contributed by atoms with Crippen LogP contribution in [0.4, 0.5) is 4.79 Å². The molecule has 0 aromatic rings. The molecule has 1 aliphatic rings. The van der Waals surface area contributed by atoms with E-state index in [0.717, 1.165) is 32.2 Å². The standard InChI is InChI=1S/C16H28N2O3/c1-5-10-17-11-12-20-14-8-6-13(7-9-14)18-15(19)21-16(2,3)4/h1,13-14,17H,6-12H2,2-4H3,(H,18,19). The molecule has 0 aromatic carbocycles. The van der Waals surface area contributed by atoms with E-state index < -0.39 is 5.60 Å². The zero-order valence-corrected chi connectivity index (χ0v) is 13.4. The van der Waals surface area contributed by atoms with E-state index in [9.17, 15) is 4.79 Å². The Bertz CT molecular complexity index is 350. The number of carbonyl (C=O) groups excluding carboxylic acids is 1. The smallest absolute Gasteiger partial charge is 0.407 e. The Morgan fingerprint density at radius 3 is 2.52 bits per heavy atom. The lowest BCUT2D eigenvalue weighted by molar-refractivity contribution is 0.0197. The summed E-state index contributed by atoms with van der Waals surface area (Å²) in [4.78, 5) is 11.7. The Kier molecular flexibility index (Phi) is 7.55. The molecule has 1 fully saturated rings. The first-order chi connectivity index (χ1) is 9.90. The number of hydrogen-bond acceptors (Lipinski definition) is 4. The molecule has 0 aromatic heterocycles. The predicted molar refractivity (Wildman–Crippen MR) is 83.1 cm³/mol. The van der Waals surface area contributed by atoms with Gasteiger partial charge in [-0.15, -0.1) is 6.42 Å². The summed E-state index contributed by atoms with van der Waals surface area (Å²) in [7, 11) is 0. The largest absolute Gasteiger partial charge is 0.444 e. The van der Waals surface area contributed by atoms with Gasteiger partial charge in [0.1, 0.15) is 5.60 Å². The molecule has 2 N–H and O–H groups in total. The SMILES string of the molecule is C#CCNCCOC1CCC(NC(=O)OC(C)(C)C)CC1. The average Bonchev–Trinajstić information content (AvgIpc) is 2.38. The number of amides is 1. The third-order valence-corrected chi connectivity index (χ3v) is 3.25. The zero-order chi connectivity index (χ0) is 15.7. The molecule has 0 bridgehead atoms. The number of alkyl carbamates (subject to hydrolysis) is 1. The molecule has 1 saturated carbocycles. The molecule has 1 amide bonds. The van der Waals surface area contributed by atoms with Crippen LogP contribution in [0.5, 0.6) is 0 Å². The summed E-state index contributed by atoms with van der Waals surface area (Å²) < 4.78 is 11.1. The maximum Gasteiger partial charge on any atom is 0.407 e. The molecule has 0 heterocycles. The van der Waals surface area contributed by atoms with Crippen LogP contribution in [0.25, 0.3) is 0 Å². The number of hydrogen-bond donors (Lipinski definition) is 2. The van der Waals surface area contributed by atoms with Gasteiger partial charge in [0.15, 0.2) is 0 Å². The van der Waals surface area contributed by atoms with Gasteiger partial charge in [-0.1, -0.05) is 5.92 Å². The van der Waals surface area contributed by atoms with Crippen molar-refractivity contribution in [2.24, 2.45) is 0 Å². The predicted octanol–water partition coefficient (Wildman–Crippen LogP) is 2.06. The van der Waals surface area contributed by atoms with Crippen molar-refractivity contribution in [3.05, 3.63) is 0 Å². The van der Waals surface area contributed by atoms with E-state index in [4.69, 9.17) is 15.9 Å². The van der Waals surface area contributed by atoms with Gasteiger partial charge in [-0.3, -0.25) is 0 Å². The van der Waals surface area contributed by atoms with Crippen LogP contribution in [0.15, 0.2) is 0 Å². The fraction of sp³-hybridized carbons (Fsp3) is 0.812. The Hall–Kier alpha value is -1.25. The maximum absolute atomic E-state index is 11.7. The van der Waals surface area contributed by atoms with E-state index in [0.29, 0.717) is 13.2 Å². The van der Waals surface area contributed by atoms with Crippen molar-refractivity contribution >= 4 is 6.09 Å². The van der Waals surface area contributed by atoms with Crippen molar-refractivity contribution in [3.8, 4) is 12.3 Å². The molecule has 0 unspecified atom stereocenters. The van der Waals surface area contributed by atoms with E-state index in [1.807, 2.05) is 20.8 Å². The highest BCUT2D eigenvalue weighted by atomic mass is 16.6. The van der Waals surface area contributed by atoms with E-state index in [1.54, 1.807) is 0 Å². The first-order valence-corrected chi connectivity index (χ1v) is 7.66. The van der Waals surface area contributed by atoms with Crippen LogP contribution in [0, 0.1) is 12.3 Å². The molecule has 0 aliphatic heterocycles. The number of terminal acetylenes is 1. The second-order valence-corrected chi connectivity index (χ2v) is 6.37. The van der Waals surface area contributed by atoms with Gasteiger partial charge in [0.25, 0.3) is 0 Å². The summed E-state index contributed by atoms with van der Waals surface area (Å²) in [5.41, 5.74) is -0.449. The van der Waals surface area contributed by atoms with E-state index >= 15 is 0 Å². The lowest BCUT2D eigenvalue weighted by Crippen LogP contribution is -2.42. The van der Waals surface area contributed by atoms with Crippen LogP contribution < -0.4 is 10.6 Å². The minimum absolute atomic E-state index is 0.194. The van der Waals surface area contributed by atoms with Crippen molar-refractivity contribution in [3.63, 3.8) is 0 Å². The fourth-order valence-corrected chi connectivity index (χ4v) is 2.31. The minimum atomic E-state index is -0.449. The molecule has 0 atom stereocenters. The Morgan fingerprint density at radius 1 is 1.29 bits per heavy atom. The van der Waals surface area contributed by atoms with Gasteiger partial charge >= 0.3 is 6.09 Å². The average molecular weight is 296 g/mol. The van der Waals surface area contributed by atoms with Gasteiger partial charge in [-0.05, 0) is 46.5 Å². The van der Waals surface area contributed by atoms with Crippen LogP contribution in [-0.4, -0.2) is 43.5 Å². The monoisotopic (exact) mass is 296 g/mol. The van der Waals surface area contributed by atoms with Gasteiger partial charge in [-0.2, -0.15) is 0 Å². The van der Waals surface area contributed by atoms with E-state index in [2.05, 4.69) is 16.6 Å². The Morgan fingerprint density at radius 2 is 1.95 bits per heavy atom. The summed E-state index contributed by atoms with van der Waals surface area (Å²) in [6.07, 6.45) is 8.91. The third kappa shape index (κ3) is 8.59. The lowest BCUT2D eigenvalue weighted by Gasteiger charge is -2.30. The second kappa shape index (κ2) is 8.91. The highest BCUT2D eigenvalue weighted by Crippen LogP contribution is 2.21. The Balaban J connectivity index is 2.12. The van der Waals surface area contributed by atoms with Gasteiger partial charge in [0, 0.05) is 12.6 Å². The second-order valence-electron chi connectivity index (χ2n) is 6.37. The van der Waals surface area contributed by atoms with Crippen molar-refractivity contribution in [2.45, 2.75) is 64.2 Å². The molecule has 21 heavy (non-hydrogen) atoms. The van der Waals surface area contributed by atoms with Crippen molar-refractivity contribution in [1.29, 1.82) is 0 Å². The molecule has 5 heteroatoms. The van der Waals surface area contributed by atoms with Crippen LogP contribution in [0.2, 0.25) is 0 Å². The minimum Gasteiger partial charge on any atom is -0.444 e. The van der Waals surface area contributed by atoms with Crippen LogP contribution >= 0.6 is 0 Å². The molecule has 5 nitrogen and oxygen atoms in total. The highest BCUT2D eigenvalue weighted by molar-refractivity contribution is 5.68. The molecule has 120 valence electrons. The first-order valence-electron chi connectivity index (χ1n) is 7.66. The summed E-state index contributed by atoms with van der Waals surface area (Å²) >= 11 is 0. The molecular formula is C16H28N2O3.